The van der Waals surface area contributed by atoms with E-state index in [1.807, 2.05) is 0 Å². The molecule has 1 aromatic heterocycles. The van der Waals surface area contributed by atoms with Gasteiger partial charge in [-0.3, -0.25) is 9.78 Å². The van der Waals surface area contributed by atoms with Crippen LogP contribution in [0.2, 0.25) is 0 Å². The third-order valence-electron chi connectivity index (χ3n) is 2.41. The van der Waals surface area contributed by atoms with Gasteiger partial charge in [-0.15, -0.1) is 0 Å². The Hall–Kier alpha value is -1.62. The van der Waals surface area contributed by atoms with Crippen LogP contribution >= 0.6 is 0 Å². The molecule has 2 atom stereocenters. The molecule has 0 saturated heterocycles. The summed E-state index contributed by atoms with van der Waals surface area (Å²) in [5.41, 5.74) is 6.10. The van der Waals surface area contributed by atoms with Crippen molar-refractivity contribution in [1.29, 1.82) is 0 Å². The van der Waals surface area contributed by atoms with Gasteiger partial charge in [0.1, 0.15) is 5.75 Å². The number of hydrogen-bond acceptors (Lipinski definition) is 4. The van der Waals surface area contributed by atoms with Crippen LogP contribution in [0.25, 0.3) is 0 Å². The van der Waals surface area contributed by atoms with E-state index >= 15 is 0 Å². The molecule has 0 spiro atoms. The molecule has 1 aromatic rings. The summed E-state index contributed by atoms with van der Waals surface area (Å²) in [6, 6.07) is 1.83. The summed E-state index contributed by atoms with van der Waals surface area (Å²) in [5.74, 6) is 0.316. The third-order valence-corrected chi connectivity index (χ3v) is 2.41. The maximum absolute atomic E-state index is 11.7. The molecule has 80 valence electrons. The van der Waals surface area contributed by atoms with Crippen molar-refractivity contribution in [3.63, 3.8) is 0 Å². The Morgan fingerprint density at radius 3 is 3.07 bits per heavy atom. The molecule has 1 saturated carbocycles. The molecule has 0 aliphatic heterocycles. The van der Waals surface area contributed by atoms with Gasteiger partial charge in [0.2, 0.25) is 0 Å². The van der Waals surface area contributed by atoms with Crippen LogP contribution in [0.5, 0.6) is 5.75 Å². The Bertz CT molecular complexity index is 381. The molecule has 1 aliphatic carbocycles. The predicted octanol–water partition coefficient (Wildman–Crippen LogP) is -0.0804. The lowest BCUT2D eigenvalue weighted by molar-refractivity contribution is 0.0947. The predicted molar refractivity (Wildman–Crippen MR) is 54.6 cm³/mol. The van der Waals surface area contributed by atoms with Gasteiger partial charge in [0.25, 0.3) is 5.91 Å². The number of carbonyl (C=O) groups is 1. The number of ether oxygens (including phenoxy) is 1. The van der Waals surface area contributed by atoms with Crippen LogP contribution in [0.15, 0.2) is 18.5 Å². The highest BCUT2D eigenvalue weighted by Gasteiger charge is 2.35. The number of amides is 1. The van der Waals surface area contributed by atoms with Crippen LogP contribution in [0.1, 0.15) is 16.8 Å². The minimum atomic E-state index is -0.160. The number of nitrogens with two attached hydrogens (primary N) is 1. The lowest BCUT2D eigenvalue weighted by atomic mass is 10.2. The largest absolute Gasteiger partial charge is 0.494 e. The Morgan fingerprint density at radius 1 is 1.73 bits per heavy atom. The van der Waals surface area contributed by atoms with Crippen molar-refractivity contribution >= 4 is 5.91 Å². The van der Waals surface area contributed by atoms with Gasteiger partial charge in [0, 0.05) is 18.3 Å². The van der Waals surface area contributed by atoms with Crippen LogP contribution in [-0.4, -0.2) is 30.1 Å². The molecule has 5 nitrogen and oxygen atoms in total. The van der Waals surface area contributed by atoms with Crippen LogP contribution in [0.3, 0.4) is 0 Å². The van der Waals surface area contributed by atoms with Crippen molar-refractivity contribution in [1.82, 2.24) is 10.3 Å². The maximum Gasteiger partial charge on any atom is 0.255 e. The molecule has 1 heterocycles. The molecule has 0 bridgehead atoms. The second kappa shape index (κ2) is 3.86. The second-order valence-electron chi connectivity index (χ2n) is 3.56. The highest BCUT2D eigenvalue weighted by molar-refractivity contribution is 5.97. The monoisotopic (exact) mass is 207 g/mol. The lowest BCUT2D eigenvalue weighted by Crippen LogP contribution is -2.29. The summed E-state index contributed by atoms with van der Waals surface area (Å²) in [5, 5.41) is 2.82. The van der Waals surface area contributed by atoms with Crippen LogP contribution < -0.4 is 15.8 Å². The number of rotatable bonds is 3. The summed E-state index contributed by atoms with van der Waals surface area (Å²) in [6.07, 6.45) is 3.92. The summed E-state index contributed by atoms with van der Waals surface area (Å²) in [7, 11) is 1.51. The van der Waals surface area contributed by atoms with Gasteiger partial charge in [-0.2, -0.15) is 0 Å². The van der Waals surface area contributed by atoms with E-state index in [0.29, 0.717) is 11.3 Å². The molecular formula is C10H13N3O2. The zero-order valence-corrected chi connectivity index (χ0v) is 8.43. The van der Waals surface area contributed by atoms with Crippen molar-refractivity contribution in [3.05, 3.63) is 24.0 Å². The number of nitrogens with zero attached hydrogens (tertiary/aromatic N) is 1. The van der Waals surface area contributed by atoms with Gasteiger partial charge in [-0.05, 0) is 12.5 Å². The van der Waals surface area contributed by atoms with E-state index in [9.17, 15) is 4.79 Å². The number of pyridine rings is 1. The quantitative estimate of drug-likeness (QED) is 0.726. The van der Waals surface area contributed by atoms with E-state index < -0.39 is 0 Å². The van der Waals surface area contributed by atoms with Crippen molar-refractivity contribution in [2.45, 2.75) is 18.5 Å². The van der Waals surface area contributed by atoms with E-state index in [0.717, 1.165) is 6.42 Å². The average Bonchev–Trinajstić information content (AvgIpc) is 2.94. The molecule has 1 aliphatic rings. The second-order valence-corrected chi connectivity index (χ2v) is 3.56. The van der Waals surface area contributed by atoms with Crippen molar-refractivity contribution in [3.8, 4) is 5.75 Å². The number of hydrogen-bond donors (Lipinski definition) is 2. The molecule has 2 rings (SSSR count). The Kier molecular flexibility index (Phi) is 2.55. The summed E-state index contributed by atoms with van der Waals surface area (Å²) >= 11 is 0. The molecule has 1 fully saturated rings. The van der Waals surface area contributed by atoms with Gasteiger partial charge in [-0.25, -0.2) is 0 Å². The van der Waals surface area contributed by atoms with Gasteiger partial charge in [0.05, 0.1) is 18.9 Å². The van der Waals surface area contributed by atoms with Crippen molar-refractivity contribution in [2.24, 2.45) is 5.73 Å². The first-order valence-corrected chi connectivity index (χ1v) is 4.77. The SMILES string of the molecule is COc1cnccc1C(=O)NC1CC1N. The Labute approximate surface area is 87.6 Å². The fourth-order valence-corrected chi connectivity index (χ4v) is 1.36. The fraction of sp³-hybridized carbons (Fsp3) is 0.400. The molecule has 0 radical (unpaired) electrons. The van der Waals surface area contributed by atoms with E-state index in [2.05, 4.69) is 10.3 Å². The van der Waals surface area contributed by atoms with Crippen LogP contribution in [0, 0.1) is 0 Å². The van der Waals surface area contributed by atoms with E-state index in [1.54, 1.807) is 12.3 Å². The zero-order valence-electron chi connectivity index (χ0n) is 8.43. The Morgan fingerprint density at radius 2 is 2.47 bits per heavy atom. The molecule has 3 N–H and O–H groups in total. The standard InChI is InChI=1S/C10H13N3O2/c1-15-9-5-12-3-2-6(9)10(14)13-8-4-7(8)11/h2-3,5,7-8H,4,11H2,1H3,(H,13,14). The maximum atomic E-state index is 11.7. The van der Waals surface area contributed by atoms with Gasteiger partial charge >= 0.3 is 0 Å². The molecular weight excluding hydrogens is 194 g/mol. The number of nitrogens with one attached hydrogen (secondary N) is 1. The third kappa shape index (κ3) is 2.07. The highest BCUT2D eigenvalue weighted by Crippen LogP contribution is 2.21. The lowest BCUT2D eigenvalue weighted by Gasteiger charge is -2.07. The minimum absolute atomic E-state index is 0.0989. The Balaban J connectivity index is 2.10. The minimum Gasteiger partial charge on any atom is -0.494 e. The highest BCUT2D eigenvalue weighted by atomic mass is 16.5. The van der Waals surface area contributed by atoms with E-state index in [1.165, 1.54) is 13.3 Å². The first-order valence-electron chi connectivity index (χ1n) is 4.77. The van der Waals surface area contributed by atoms with Crippen LogP contribution in [0.4, 0.5) is 0 Å². The van der Waals surface area contributed by atoms with Crippen molar-refractivity contribution < 1.29 is 9.53 Å². The number of carbonyl (C=O) groups excluding carboxylic acids is 1. The molecule has 0 aromatic carbocycles. The van der Waals surface area contributed by atoms with Gasteiger partial charge in [-0.1, -0.05) is 0 Å². The molecule has 5 heteroatoms. The smallest absolute Gasteiger partial charge is 0.255 e. The average molecular weight is 207 g/mol. The molecule has 15 heavy (non-hydrogen) atoms. The molecule has 2 unspecified atom stereocenters. The van der Waals surface area contributed by atoms with E-state index in [4.69, 9.17) is 10.5 Å². The normalized spacial score (nSPS) is 23.3. The zero-order chi connectivity index (χ0) is 10.8. The van der Waals surface area contributed by atoms with Gasteiger partial charge in [0.15, 0.2) is 0 Å². The van der Waals surface area contributed by atoms with Gasteiger partial charge < -0.3 is 15.8 Å². The number of aromatic nitrogens is 1. The summed E-state index contributed by atoms with van der Waals surface area (Å²) in [6.45, 7) is 0. The van der Waals surface area contributed by atoms with E-state index in [-0.39, 0.29) is 18.0 Å². The fourth-order valence-electron chi connectivity index (χ4n) is 1.36. The number of methoxy groups -OCH3 is 1. The summed E-state index contributed by atoms with van der Waals surface area (Å²) < 4.78 is 5.04. The first-order chi connectivity index (χ1) is 7.22. The topological polar surface area (TPSA) is 77.2 Å². The first kappa shape index (κ1) is 9.92. The van der Waals surface area contributed by atoms with Crippen LogP contribution in [-0.2, 0) is 0 Å². The summed E-state index contributed by atoms with van der Waals surface area (Å²) in [4.78, 5) is 15.6. The van der Waals surface area contributed by atoms with Crippen molar-refractivity contribution in [2.75, 3.05) is 7.11 Å². The molecule has 1 amide bonds.